The molecule has 2 atom stereocenters. The van der Waals surface area contributed by atoms with E-state index in [2.05, 4.69) is 4.90 Å². The van der Waals surface area contributed by atoms with Crippen LogP contribution in [-0.2, 0) is 4.79 Å². The van der Waals surface area contributed by atoms with E-state index in [4.69, 9.17) is 5.11 Å². The van der Waals surface area contributed by atoms with Crippen LogP contribution < -0.4 is 0 Å². The lowest BCUT2D eigenvalue weighted by molar-refractivity contribution is -0.138. The molecule has 15 heavy (non-hydrogen) atoms. The molecular weight excluding hydrogens is 230 g/mol. The van der Waals surface area contributed by atoms with Crippen molar-refractivity contribution in [2.75, 3.05) is 18.1 Å². The molecule has 0 aliphatic carbocycles. The smallest absolute Gasteiger partial charge is 0.317 e. The number of rotatable bonds is 4. The molecule has 86 valence electrons. The molecule has 2 unspecified atom stereocenters. The van der Waals surface area contributed by atoms with Crippen LogP contribution >= 0.6 is 23.5 Å². The number of carbonyl (C=O) groups is 1. The summed E-state index contributed by atoms with van der Waals surface area (Å²) in [6.45, 7) is 0.218. The van der Waals surface area contributed by atoms with Crippen molar-refractivity contribution in [1.29, 1.82) is 0 Å². The Morgan fingerprint density at radius 1 is 1.20 bits per heavy atom. The molecule has 2 saturated heterocycles. The highest BCUT2D eigenvalue weighted by Crippen LogP contribution is 2.37. The summed E-state index contributed by atoms with van der Waals surface area (Å²) in [5, 5.41) is 9.85. The van der Waals surface area contributed by atoms with Gasteiger partial charge in [0.25, 0.3) is 0 Å². The number of hydrogen-bond acceptors (Lipinski definition) is 4. The van der Waals surface area contributed by atoms with Gasteiger partial charge in [0.15, 0.2) is 0 Å². The number of hydrogen-bond donors (Lipinski definition) is 1. The third-order valence-electron chi connectivity index (χ3n) is 2.87. The average Bonchev–Trinajstić information content (AvgIpc) is 2.87. The van der Waals surface area contributed by atoms with E-state index in [0.29, 0.717) is 10.7 Å². The summed E-state index contributed by atoms with van der Waals surface area (Å²) in [5.41, 5.74) is 0. The van der Waals surface area contributed by atoms with Crippen LogP contribution in [0, 0.1) is 0 Å². The zero-order valence-corrected chi connectivity index (χ0v) is 10.4. The van der Waals surface area contributed by atoms with Crippen LogP contribution in [-0.4, -0.2) is 44.8 Å². The Morgan fingerprint density at radius 3 is 2.07 bits per heavy atom. The fraction of sp³-hybridized carbons (Fsp3) is 0.900. The van der Waals surface area contributed by atoms with Crippen molar-refractivity contribution in [3.8, 4) is 0 Å². The van der Waals surface area contributed by atoms with Gasteiger partial charge in [-0.25, -0.2) is 0 Å². The van der Waals surface area contributed by atoms with Gasteiger partial charge in [-0.1, -0.05) is 0 Å². The lowest BCUT2D eigenvalue weighted by Crippen LogP contribution is -2.41. The maximum absolute atomic E-state index is 10.9. The van der Waals surface area contributed by atoms with Gasteiger partial charge in [-0.3, -0.25) is 9.69 Å². The van der Waals surface area contributed by atoms with E-state index >= 15 is 0 Å². The van der Waals surface area contributed by atoms with Gasteiger partial charge >= 0.3 is 5.97 Å². The number of carboxylic acids is 1. The summed E-state index contributed by atoms with van der Waals surface area (Å²) in [6.07, 6.45) is 4.80. The molecule has 0 spiro atoms. The first-order valence-electron chi connectivity index (χ1n) is 5.48. The molecule has 5 heteroatoms. The minimum absolute atomic E-state index is 0.218. The highest BCUT2D eigenvalue weighted by atomic mass is 32.2. The average molecular weight is 247 g/mol. The molecular formula is C10H17NO2S2. The molecule has 0 aromatic carbocycles. The van der Waals surface area contributed by atoms with Gasteiger partial charge in [-0.2, -0.15) is 0 Å². The van der Waals surface area contributed by atoms with Crippen molar-refractivity contribution in [2.45, 2.75) is 36.4 Å². The van der Waals surface area contributed by atoms with Crippen LogP contribution in [0.5, 0.6) is 0 Å². The van der Waals surface area contributed by atoms with Gasteiger partial charge < -0.3 is 5.11 Å². The zero-order valence-electron chi connectivity index (χ0n) is 8.72. The molecule has 2 rings (SSSR count). The second kappa shape index (κ2) is 5.46. The van der Waals surface area contributed by atoms with E-state index < -0.39 is 5.97 Å². The van der Waals surface area contributed by atoms with Gasteiger partial charge in [-0.05, 0) is 37.2 Å². The summed E-state index contributed by atoms with van der Waals surface area (Å²) in [7, 11) is 0. The quantitative estimate of drug-likeness (QED) is 0.823. The molecule has 0 amide bonds. The normalized spacial score (nSPS) is 31.3. The first-order chi connectivity index (χ1) is 7.27. The van der Waals surface area contributed by atoms with Crippen molar-refractivity contribution >= 4 is 29.5 Å². The first-order valence-corrected chi connectivity index (χ1v) is 7.58. The molecule has 3 nitrogen and oxygen atoms in total. The Kier molecular flexibility index (Phi) is 4.22. The van der Waals surface area contributed by atoms with E-state index in [1.807, 2.05) is 23.5 Å². The molecule has 0 bridgehead atoms. The maximum atomic E-state index is 10.9. The second-order valence-corrected chi connectivity index (χ2v) is 6.57. The number of aliphatic carboxylic acids is 1. The molecule has 2 aliphatic heterocycles. The van der Waals surface area contributed by atoms with Crippen molar-refractivity contribution in [3.05, 3.63) is 0 Å². The molecule has 2 fully saturated rings. The summed E-state index contributed by atoms with van der Waals surface area (Å²) < 4.78 is 0. The number of carboxylic acid groups (broad SMARTS) is 1. The van der Waals surface area contributed by atoms with E-state index in [9.17, 15) is 4.79 Å². The second-order valence-electron chi connectivity index (χ2n) is 4.00. The predicted molar refractivity (Wildman–Crippen MR) is 65.3 cm³/mol. The fourth-order valence-electron chi connectivity index (χ4n) is 2.19. The molecule has 2 aliphatic rings. The third kappa shape index (κ3) is 3.04. The molecule has 2 heterocycles. The monoisotopic (exact) mass is 247 g/mol. The highest BCUT2D eigenvalue weighted by Gasteiger charge is 2.32. The zero-order chi connectivity index (χ0) is 10.7. The van der Waals surface area contributed by atoms with Gasteiger partial charge in [0.2, 0.25) is 0 Å². The van der Waals surface area contributed by atoms with Crippen molar-refractivity contribution in [3.63, 3.8) is 0 Å². The molecule has 0 saturated carbocycles. The number of thioether (sulfide) groups is 2. The third-order valence-corrected chi connectivity index (χ3v) is 5.70. The van der Waals surface area contributed by atoms with E-state index in [-0.39, 0.29) is 6.54 Å². The van der Waals surface area contributed by atoms with Crippen LogP contribution in [0.2, 0.25) is 0 Å². The van der Waals surface area contributed by atoms with Crippen LogP contribution in [0.1, 0.15) is 25.7 Å². The Labute approximate surface area is 99.0 Å². The van der Waals surface area contributed by atoms with Crippen molar-refractivity contribution in [1.82, 2.24) is 4.90 Å². The van der Waals surface area contributed by atoms with Gasteiger partial charge in [-0.15, -0.1) is 23.5 Å². The standard InChI is InChI=1S/C10H17NO2S2/c12-10(13)7-11(8-3-1-5-14-8)9-4-2-6-15-9/h8-9H,1-7H2,(H,12,13). The predicted octanol–water partition coefficient (Wildman–Crippen LogP) is 2.08. The topological polar surface area (TPSA) is 40.5 Å². The van der Waals surface area contributed by atoms with E-state index in [0.717, 1.165) is 12.8 Å². The Morgan fingerprint density at radius 2 is 1.73 bits per heavy atom. The minimum Gasteiger partial charge on any atom is -0.480 e. The van der Waals surface area contributed by atoms with E-state index in [1.54, 1.807) is 0 Å². The minimum atomic E-state index is -0.685. The summed E-state index contributed by atoms with van der Waals surface area (Å²) in [6, 6.07) is 0. The molecule has 1 N–H and O–H groups in total. The van der Waals surface area contributed by atoms with Crippen LogP contribution in [0.25, 0.3) is 0 Å². The van der Waals surface area contributed by atoms with Crippen LogP contribution in [0.15, 0.2) is 0 Å². The van der Waals surface area contributed by atoms with Crippen molar-refractivity contribution in [2.24, 2.45) is 0 Å². The number of nitrogens with zero attached hydrogens (tertiary/aromatic N) is 1. The van der Waals surface area contributed by atoms with Crippen molar-refractivity contribution < 1.29 is 9.90 Å². The van der Waals surface area contributed by atoms with Gasteiger partial charge in [0, 0.05) is 0 Å². The SMILES string of the molecule is O=C(O)CN(C1CCCS1)C1CCCS1. The maximum Gasteiger partial charge on any atom is 0.317 e. The molecule has 0 radical (unpaired) electrons. The highest BCUT2D eigenvalue weighted by molar-refractivity contribution is 8.00. The fourth-order valence-corrected chi connectivity index (χ4v) is 4.97. The lowest BCUT2D eigenvalue weighted by Gasteiger charge is -2.31. The lowest BCUT2D eigenvalue weighted by atomic mass is 10.2. The van der Waals surface area contributed by atoms with Gasteiger partial charge in [0.1, 0.15) is 0 Å². The Balaban J connectivity index is 1.97. The summed E-state index contributed by atoms with van der Waals surface area (Å²) in [4.78, 5) is 13.1. The Bertz CT molecular complexity index is 209. The Hall–Kier alpha value is 0.130. The largest absolute Gasteiger partial charge is 0.480 e. The van der Waals surface area contributed by atoms with Crippen LogP contribution in [0.4, 0.5) is 0 Å². The van der Waals surface area contributed by atoms with Crippen LogP contribution in [0.3, 0.4) is 0 Å². The van der Waals surface area contributed by atoms with E-state index in [1.165, 1.54) is 24.3 Å². The van der Waals surface area contributed by atoms with Gasteiger partial charge in [0.05, 0.1) is 17.3 Å². The summed E-state index contributed by atoms with van der Waals surface area (Å²) in [5.74, 6) is 1.70. The summed E-state index contributed by atoms with van der Waals surface area (Å²) >= 11 is 3.86. The molecule has 0 aromatic heterocycles. The first kappa shape index (κ1) is 11.6. The molecule has 0 aromatic rings.